The average molecular weight is 213 g/mol. The number of rotatable bonds is 3. The van der Waals surface area contributed by atoms with Crippen LogP contribution in [0.25, 0.3) is 17.3 Å². The maximum absolute atomic E-state index is 10.5. The number of aromatic amines is 1. The molecule has 80 valence electrons. The molecule has 3 heteroatoms. The number of benzene rings is 1. The first-order valence-electron chi connectivity index (χ1n) is 4.91. The third-order valence-corrected chi connectivity index (χ3v) is 2.25. The Morgan fingerprint density at radius 1 is 1.19 bits per heavy atom. The normalized spacial score (nSPS) is 10.8. The third kappa shape index (κ3) is 2.20. The first-order valence-corrected chi connectivity index (χ1v) is 4.91. The van der Waals surface area contributed by atoms with Crippen molar-refractivity contribution in [3.8, 4) is 11.3 Å². The molecule has 0 saturated heterocycles. The van der Waals surface area contributed by atoms with E-state index in [-0.39, 0.29) is 0 Å². The van der Waals surface area contributed by atoms with Crippen molar-refractivity contribution >= 4 is 12.0 Å². The van der Waals surface area contributed by atoms with Gasteiger partial charge >= 0.3 is 5.97 Å². The largest absolute Gasteiger partial charge is 0.478 e. The SMILES string of the molecule is O=C(O)C=Cc1ccccc1-c1ccc[nH]1. The molecule has 0 aliphatic rings. The molecule has 3 nitrogen and oxygen atoms in total. The van der Waals surface area contributed by atoms with Gasteiger partial charge in [0, 0.05) is 23.5 Å². The Balaban J connectivity index is 2.42. The first-order chi connectivity index (χ1) is 7.77. The molecule has 0 aliphatic carbocycles. The summed E-state index contributed by atoms with van der Waals surface area (Å²) in [5.74, 6) is -0.943. The number of carboxylic acids is 1. The van der Waals surface area contributed by atoms with Gasteiger partial charge in [0.05, 0.1) is 0 Å². The fraction of sp³-hybridized carbons (Fsp3) is 0. The van der Waals surface area contributed by atoms with E-state index in [4.69, 9.17) is 5.11 Å². The van der Waals surface area contributed by atoms with E-state index in [1.807, 2.05) is 42.6 Å². The zero-order valence-electron chi connectivity index (χ0n) is 8.55. The van der Waals surface area contributed by atoms with Crippen LogP contribution in [0.1, 0.15) is 5.56 Å². The van der Waals surface area contributed by atoms with E-state index in [1.165, 1.54) is 0 Å². The molecule has 0 unspecified atom stereocenters. The number of hydrogen-bond acceptors (Lipinski definition) is 1. The number of hydrogen-bond donors (Lipinski definition) is 2. The number of aliphatic carboxylic acids is 1. The van der Waals surface area contributed by atoms with E-state index in [9.17, 15) is 4.79 Å². The zero-order chi connectivity index (χ0) is 11.4. The lowest BCUT2D eigenvalue weighted by Gasteiger charge is -2.02. The lowest BCUT2D eigenvalue weighted by atomic mass is 10.0. The molecule has 2 rings (SSSR count). The van der Waals surface area contributed by atoms with Gasteiger partial charge in [0.15, 0.2) is 0 Å². The number of aromatic nitrogens is 1. The second-order valence-corrected chi connectivity index (χ2v) is 3.34. The molecule has 0 amide bonds. The van der Waals surface area contributed by atoms with Crippen molar-refractivity contribution in [1.82, 2.24) is 4.98 Å². The van der Waals surface area contributed by atoms with Crippen LogP contribution in [0.4, 0.5) is 0 Å². The van der Waals surface area contributed by atoms with Crippen molar-refractivity contribution in [2.24, 2.45) is 0 Å². The molecule has 2 N–H and O–H groups in total. The Morgan fingerprint density at radius 2 is 2.00 bits per heavy atom. The van der Waals surface area contributed by atoms with Crippen molar-refractivity contribution < 1.29 is 9.90 Å². The van der Waals surface area contributed by atoms with Gasteiger partial charge < -0.3 is 10.1 Å². The summed E-state index contributed by atoms with van der Waals surface area (Å²) in [5.41, 5.74) is 2.85. The molecule has 0 fully saturated rings. The van der Waals surface area contributed by atoms with Gasteiger partial charge in [0.1, 0.15) is 0 Å². The molecule has 0 saturated carbocycles. The first kappa shape index (κ1) is 10.2. The number of nitrogens with one attached hydrogen (secondary N) is 1. The van der Waals surface area contributed by atoms with Gasteiger partial charge in [-0.15, -0.1) is 0 Å². The van der Waals surface area contributed by atoms with E-state index < -0.39 is 5.97 Å². The van der Waals surface area contributed by atoms with Crippen LogP contribution in [-0.2, 0) is 4.79 Å². The van der Waals surface area contributed by atoms with Gasteiger partial charge in [-0.25, -0.2) is 4.79 Å². The summed E-state index contributed by atoms with van der Waals surface area (Å²) in [4.78, 5) is 13.6. The van der Waals surface area contributed by atoms with Crippen LogP contribution in [0.15, 0.2) is 48.7 Å². The highest BCUT2D eigenvalue weighted by molar-refractivity contribution is 5.87. The summed E-state index contributed by atoms with van der Waals surface area (Å²) in [6.45, 7) is 0. The second kappa shape index (κ2) is 4.49. The van der Waals surface area contributed by atoms with Crippen molar-refractivity contribution in [2.75, 3.05) is 0 Å². The highest BCUT2D eigenvalue weighted by Gasteiger charge is 2.02. The van der Waals surface area contributed by atoms with Gasteiger partial charge in [-0.3, -0.25) is 0 Å². The molecule has 0 aliphatic heterocycles. The van der Waals surface area contributed by atoms with E-state index in [1.54, 1.807) is 6.08 Å². The standard InChI is InChI=1S/C13H11NO2/c15-13(16)8-7-10-4-1-2-5-11(10)12-6-3-9-14-12/h1-9,14H,(H,15,16). The molecule has 1 aromatic heterocycles. The summed E-state index contributed by atoms with van der Waals surface area (Å²) < 4.78 is 0. The van der Waals surface area contributed by atoms with E-state index in [0.717, 1.165) is 22.9 Å². The quantitative estimate of drug-likeness (QED) is 0.770. The highest BCUT2D eigenvalue weighted by atomic mass is 16.4. The van der Waals surface area contributed by atoms with Crippen LogP contribution in [0.5, 0.6) is 0 Å². The number of carbonyl (C=O) groups is 1. The van der Waals surface area contributed by atoms with E-state index in [0.29, 0.717) is 0 Å². The molecule has 0 spiro atoms. The van der Waals surface area contributed by atoms with Gasteiger partial charge in [0.25, 0.3) is 0 Å². The minimum absolute atomic E-state index is 0.882. The van der Waals surface area contributed by atoms with Crippen LogP contribution < -0.4 is 0 Å². The van der Waals surface area contributed by atoms with Crippen molar-refractivity contribution in [3.05, 3.63) is 54.2 Å². The Morgan fingerprint density at radius 3 is 2.69 bits per heavy atom. The molecule has 1 aromatic carbocycles. The molecule has 0 atom stereocenters. The van der Waals surface area contributed by atoms with Crippen LogP contribution in [0.2, 0.25) is 0 Å². The summed E-state index contributed by atoms with van der Waals surface area (Å²) in [6.07, 6.45) is 4.58. The van der Waals surface area contributed by atoms with E-state index >= 15 is 0 Å². The maximum Gasteiger partial charge on any atom is 0.328 e. The van der Waals surface area contributed by atoms with Gasteiger partial charge in [-0.2, -0.15) is 0 Å². The van der Waals surface area contributed by atoms with Crippen molar-refractivity contribution in [3.63, 3.8) is 0 Å². The monoisotopic (exact) mass is 213 g/mol. The predicted octanol–water partition coefficient (Wildman–Crippen LogP) is 2.78. The lowest BCUT2D eigenvalue weighted by molar-refractivity contribution is -0.131. The lowest BCUT2D eigenvalue weighted by Crippen LogP contribution is -1.87. The van der Waals surface area contributed by atoms with Crippen LogP contribution >= 0.6 is 0 Å². The number of H-pyrrole nitrogens is 1. The topological polar surface area (TPSA) is 53.1 Å². The zero-order valence-corrected chi connectivity index (χ0v) is 8.55. The molecule has 2 aromatic rings. The molecule has 0 bridgehead atoms. The fourth-order valence-corrected chi connectivity index (χ4v) is 1.55. The van der Waals surface area contributed by atoms with Crippen molar-refractivity contribution in [1.29, 1.82) is 0 Å². The summed E-state index contributed by atoms with van der Waals surface area (Å²) in [6, 6.07) is 11.5. The second-order valence-electron chi connectivity index (χ2n) is 3.34. The Hall–Kier alpha value is -2.29. The predicted molar refractivity (Wildman–Crippen MR) is 62.9 cm³/mol. The minimum Gasteiger partial charge on any atom is -0.478 e. The summed E-state index contributed by atoms with van der Waals surface area (Å²) >= 11 is 0. The summed E-state index contributed by atoms with van der Waals surface area (Å²) in [5, 5.41) is 8.60. The molecule has 1 heterocycles. The Bertz CT molecular complexity index is 512. The van der Waals surface area contributed by atoms with Crippen LogP contribution in [-0.4, -0.2) is 16.1 Å². The number of carboxylic acid groups (broad SMARTS) is 1. The molecular weight excluding hydrogens is 202 g/mol. The van der Waals surface area contributed by atoms with Gasteiger partial charge in [-0.1, -0.05) is 24.3 Å². The van der Waals surface area contributed by atoms with Crippen LogP contribution in [0.3, 0.4) is 0 Å². The maximum atomic E-state index is 10.5. The summed E-state index contributed by atoms with van der Waals surface area (Å²) in [7, 11) is 0. The van der Waals surface area contributed by atoms with Gasteiger partial charge in [-0.05, 0) is 23.8 Å². The fourth-order valence-electron chi connectivity index (χ4n) is 1.55. The molecule has 16 heavy (non-hydrogen) atoms. The smallest absolute Gasteiger partial charge is 0.328 e. The minimum atomic E-state index is -0.943. The average Bonchev–Trinajstić information content (AvgIpc) is 2.80. The Labute approximate surface area is 93.1 Å². The molecule has 0 radical (unpaired) electrons. The third-order valence-electron chi connectivity index (χ3n) is 2.25. The highest BCUT2D eigenvalue weighted by Crippen LogP contribution is 2.22. The molecular formula is C13H11NO2. The van der Waals surface area contributed by atoms with Crippen LogP contribution in [0, 0.1) is 0 Å². The Kier molecular flexibility index (Phi) is 2.87. The van der Waals surface area contributed by atoms with Gasteiger partial charge in [0.2, 0.25) is 0 Å². The van der Waals surface area contributed by atoms with E-state index in [2.05, 4.69) is 4.98 Å². The van der Waals surface area contributed by atoms with Crippen molar-refractivity contribution in [2.45, 2.75) is 0 Å².